The highest BCUT2D eigenvalue weighted by molar-refractivity contribution is 7.96. The molecule has 156 valence electrons. The van der Waals surface area contributed by atoms with Crippen LogP contribution in [0.25, 0.3) is 0 Å². The summed E-state index contributed by atoms with van der Waals surface area (Å²) in [6, 6.07) is 0. The van der Waals surface area contributed by atoms with E-state index >= 15 is 0 Å². The molecule has 0 N–H and O–H groups in total. The van der Waals surface area contributed by atoms with Crippen LogP contribution in [0.5, 0.6) is 0 Å². The van der Waals surface area contributed by atoms with Gasteiger partial charge in [-0.3, -0.25) is 0 Å². The second-order valence-electron chi connectivity index (χ2n) is 8.71. The number of fused-ring (bicyclic) bond motifs is 1. The van der Waals surface area contributed by atoms with Gasteiger partial charge >= 0.3 is 5.51 Å². The third-order valence-corrected chi connectivity index (χ3v) is 9.04. The molecule has 2 aliphatic carbocycles. The molecule has 0 aromatic carbocycles. The molecular formula is C18H33F3O3S2. The third kappa shape index (κ3) is 5.53. The van der Waals surface area contributed by atoms with E-state index < -0.39 is 15.6 Å². The molecule has 2 rings (SSSR count). The summed E-state index contributed by atoms with van der Waals surface area (Å²) < 4.78 is 58.9. The van der Waals surface area contributed by atoms with Gasteiger partial charge in [-0.15, -0.1) is 0 Å². The lowest BCUT2D eigenvalue weighted by atomic mass is 9.54. The number of hydrogen-bond donors (Lipinski definition) is 0. The van der Waals surface area contributed by atoms with Crippen molar-refractivity contribution in [2.24, 2.45) is 29.1 Å². The van der Waals surface area contributed by atoms with Crippen LogP contribution < -0.4 is 0 Å². The minimum absolute atomic E-state index is 0.603. The highest BCUT2D eigenvalue weighted by atomic mass is 32.2. The fraction of sp³-hybridized carbons (Fsp3) is 1.00. The normalized spacial score (nSPS) is 35.7. The Bertz CT molecular complexity index is 561. The summed E-state index contributed by atoms with van der Waals surface area (Å²) in [6.45, 7) is 10.0. The summed E-state index contributed by atoms with van der Waals surface area (Å²) in [7, 11) is -5.49. The van der Waals surface area contributed by atoms with Gasteiger partial charge in [0.15, 0.2) is 10.1 Å². The maximum atomic E-state index is 10.7. The number of rotatable bonds is 2. The molecule has 0 spiro atoms. The molecule has 2 fully saturated rings. The number of alkyl halides is 3. The van der Waals surface area contributed by atoms with E-state index in [0.717, 1.165) is 28.9 Å². The second-order valence-corrected chi connectivity index (χ2v) is 12.4. The molecular weight excluding hydrogens is 385 g/mol. The summed E-state index contributed by atoms with van der Waals surface area (Å²) in [4.78, 5) is 0. The Morgan fingerprint density at radius 2 is 1.65 bits per heavy atom. The first-order valence-corrected chi connectivity index (χ1v) is 12.7. The summed E-state index contributed by atoms with van der Waals surface area (Å²) in [5, 5.41) is 1.01. The van der Waals surface area contributed by atoms with E-state index in [9.17, 15) is 13.2 Å². The molecule has 0 aliphatic heterocycles. The molecule has 26 heavy (non-hydrogen) atoms. The Morgan fingerprint density at radius 3 is 2.04 bits per heavy atom. The quantitative estimate of drug-likeness (QED) is 0.368. The topological polar surface area (TPSA) is 57.2 Å². The molecule has 3 nitrogen and oxygen atoms in total. The van der Waals surface area contributed by atoms with E-state index in [1.807, 2.05) is 0 Å². The van der Waals surface area contributed by atoms with Crippen LogP contribution in [0, 0.1) is 29.1 Å². The molecule has 0 radical (unpaired) electrons. The van der Waals surface area contributed by atoms with Crippen molar-refractivity contribution in [3.05, 3.63) is 0 Å². The largest absolute Gasteiger partial charge is 0.741 e. The van der Waals surface area contributed by atoms with E-state index in [0.29, 0.717) is 16.3 Å². The van der Waals surface area contributed by atoms with Gasteiger partial charge in [0.2, 0.25) is 0 Å². The van der Waals surface area contributed by atoms with Crippen LogP contribution in [-0.2, 0) is 21.0 Å². The van der Waals surface area contributed by atoms with Crippen molar-refractivity contribution in [1.29, 1.82) is 0 Å². The first-order chi connectivity index (χ1) is 11.6. The van der Waals surface area contributed by atoms with Crippen molar-refractivity contribution in [2.75, 3.05) is 12.5 Å². The van der Waals surface area contributed by atoms with Crippen LogP contribution in [0.4, 0.5) is 13.2 Å². The van der Waals surface area contributed by atoms with Crippen molar-refractivity contribution < 1.29 is 26.1 Å². The van der Waals surface area contributed by atoms with Gasteiger partial charge in [0.1, 0.15) is 5.25 Å². The summed E-state index contributed by atoms with van der Waals surface area (Å²) in [5.74, 6) is 3.87. The van der Waals surface area contributed by atoms with Crippen molar-refractivity contribution in [3.8, 4) is 0 Å². The Kier molecular flexibility index (Phi) is 7.97. The molecule has 5 atom stereocenters. The average molecular weight is 419 g/mol. The zero-order valence-corrected chi connectivity index (χ0v) is 18.2. The Balaban J connectivity index is 0.000000359. The summed E-state index contributed by atoms with van der Waals surface area (Å²) in [5.41, 5.74) is -4.98. The van der Waals surface area contributed by atoms with E-state index in [2.05, 4.69) is 40.2 Å². The molecule has 0 bridgehead atoms. The SMILES string of the molecule is CC(C)[C@@H]1CC[C@@]2(C)C([S+](C)C)CC[C@H](C)[C@@H]2C1.O=S(=O)([O-])C(F)(F)F. The molecule has 0 aromatic heterocycles. The predicted molar refractivity (Wildman–Crippen MR) is 101 cm³/mol. The van der Waals surface area contributed by atoms with Crippen molar-refractivity contribution >= 4 is 21.0 Å². The first-order valence-electron chi connectivity index (χ1n) is 9.19. The summed E-state index contributed by atoms with van der Waals surface area (Å²) in [6.07, 6.45) is 12.5. The van der Waals surface area contributed by atoms with E-state index in [1.54, 1.807) is 0 Å². The molecule has 1 unspecified atom stereocenters. The highest BCUT2D eigenvalue weighted by Gasteiger charge is 2.54. The standard InChI is InChI=1S/C17H33S.CHF3O3S/c1-12(2)14-9-10-17(4)15(11-14)13(3)7-8-16(17)18(5)6;2-1(3,4)8(5,6)7/h12-16H,7-11H2,1-6H3;(H,5,6,7)/q+1;/p-1/t13-,14+,15-,16?,17+;/m0./s1. The maximum Gasteiger partial charge on any atom is 0.485 e. The van der Waals surface area contributed by atoms with Gasteiger partial charge in [-0.1, -0.05) is 27.7 Å². The van der Waals surface area contributed by atoms with Gasteiger partial charge in [0.25, 0.3) is 0 Å². The van der Waals surface area contributed by atoms with Crippen molar-refractivity contribution in [3.63, 3.8) is 0 Å². The predicted octanol–water partition coefficient (Wildman–Crippen LogP) is 4.79. The molecule has 2 saturated carbocycles. The van der Waals surface area contributed by atoms with Crippen LogP contribution in [0.15, 0.2) is 0 Å². The molecule has 0 saturated heterocycles. The molecule has 0 aromatic rings. The number of halogens is 3. The van der Waals surface area contributed by atoms with Crippen LogP contribution in [-0.4, -0.2) is 36.2 Å². The zero-order valence-electron chi connectivity index (χ0n) is 16.6. The molecule has 0 heterocycles. The minimum atomic E-state index is -6.09. The average Bonchev–Trinajstić information content (AvgIpc) is 2.44. The van der Waals surface area contributed by atoms with Gasteiger partial charge in [-0.05, 0) is 66.7 Å². The van der Waals surface area contributed by atoms with Crippen molar-refractivity contribution in [2.45, 2.75) is 70.6 Å². The van der Waals surface area contributed by atoms with Gasteiger partial charge in [0, 0.05) is 5.41 Å². The Hall–Kier alpha value is 0.0500. The van der Waals surface area contributed by atoms with Gasteiger partial charge < -0.3 is 4.55 Å². The van der Waals surface area contributed by atoms with Crippen molar-refractivity contribution in [1.82, 2.24) is 0 Å². The van der Waals surface area contributed by atoms with Gasteiger partial charge in [0.05, 0.1) is 12.5 Å². The second kappa shape index (κ2) is 8.60. The fourth-order valence-electron chi connectivity index (χ4n) is 5.00. The lowest BCUT2D eigenvalue weighted by Crippen LogP contribution is -2.52. The molecule has 2 aliphatic rings. The maximum absolute atomic E-state index is 10.7. The van der Waals surface area contributed by atoms with E-state index in [1.165, 1.54) is 32.1 Å². The lowest BCUT2D eigenvalue weighted by molar-refractivity contribution is -0.0517. The summed E-state index contributed by atoms with van der Waals surface area (Å²) >= 11 is 0. The third-order valence-electron chi connectivity index (χ3n) is 6.56. The van der Waals surface area contributed by atoms with Gasteiger partial charge in [-0.2, -0.15) is 13.2 Å². The fourth-order valence-corrected chi connectivity index (χ4v) is 6.98. The van der Waals surface area contributed by atoms with Crippen LogP contribution >= 0.6 is 0 Å². The molecule has 8 heteroatoms. The zero-order chi connectivity index (χ0) is 20.5. The lowest BCUT2D eigenvalue weighted by Gasteiger charge is -2.53. The smallest absolute Gasteiger partial charge is 0.485 e. The van der Waals surface area contributed by atoms with Crippen LogP contribution in [0.1, 0.15) is 59.8 Å². The van der Waals surface area contributed by atoms with Crippen LogP contribution in [0.2, 0.25) is 0 Å². The van der Waals surface area contributed by atoms with E-state index in [-0.39, 0.29) is 0 Å². The first kappa shape index (κ1) is 24.1. The highest BCUT2D eigenvalue weighted by Crippen LogP contribution is 2.56. The monoisotopic (exact) mass is 418 g/mol. The Labute approximate surface area is 159 Å². The molecule has 0 amide bonds. The number of hydrogen-bond acceptors (Lipinski definition) is 3. The Morgan fingerprint density at radius 1 is 1.15 bits per heavy atom. The van der Waals surface area contributed by atoms with Gasteiger partial charge in [-0.25, -0.2) is 8.42 Å². The van der Waals surface area contributed by atoms with E-state index in [4.69, 9.17) is 13.0 Å². The minimum Gasteiger partial charge on any atom is -0.741 e. The van der Waals surface area contributed by atoms with Crippen LogP contribution in [0.3, 0.4) is 0 Å².